The Kier molecular flexibility index (Phi) is 5.80. The molecule has 1 amide bonds. The second-order valence-electron chi connectivity index (χ2n) is 6.87. The molecule has 4 rings (SSSR count). The maximum absolute atomic E-state index is 12.9. The zero-order chi connectivity index (χ0) is 20.2. The number of thiophene rings is 1. The average molecular weight is 413 g/mol. The fourth-order valence-electron chi connectivity index (χ4n) is 3.70. The number of aryl methyl sites for hydroxylation is 1. The van der Waals surface area contributed by atoms with Crippen LogP contribution in [0.25, 0.3) is 11.5 Å². The van der Waals surface area contributed by atoms with Crippen LogP contribution in [-0.4, -0.2) is 41.8 Å². The molecule has 7 nitrogen and oxygen atoms in total. The smallest absolute Gasteiger partial charge is 0.248 e. The van der Waals surface area contributed by atoms with Gasteiger partial charge in [0.2, 0.25) is 17.7 Å². The largest absolute Gasteiger partial charge is 0.497 e. The van der Waals surface area contributed by atoms with Gasteiger partial charge in [0.1, 0.15) is 11.5 Å². The molecule has 0 saturated carbocycles. The van der Waals surface area contributed by atoms with Gasteiger partial charge in [-0.15, -0.1) is 10.2 Å². The van der Waals surface area contributed by atoms with Gasteiger partial charge in [-0.3, -0.25) is 4.79 Å². The summed E-state index contributed by atoms with van der Waals surface area (Å²) < 4.78 is 16.5. The third-order valence-electron chi connectivity index (χ3n) is 5.16. The van der Waals surface area contributed by atoms with Crippen molar-refractivity contribution in [2.45, 2.75) is 31.7 Å². The van der Waals surface area contributed by atoms with Crippen molar-refractivity contribution in [2.24, 2.45) is 0 Å². The predicted molar refractivity (Wildman–Crippen MR) is 109 cm³/mol. The molecule has 152 valence electrons. The Labute approximate surface area is 173 Å². The Morgan fingerprint density at radius 2 is 2.17 bits per heavy atom. The molecule has 0 N–H and O–H groups in total. The van der Waals surface area contributed by atoms with Gasteiger partial charge < -0.3 is 18.8 Å². The number of amides is 1. The van der Waals surface area contributed by atoms with Crippen LogP contribution < -0.4 is 9.47 Å². The fourth-order valence-corrected chi connectivity index (χ4v) is 4.33. The van der Waals surface area contributed by atoms with Crippen LogP contribution in [0.5, 0.6) is 11.5 Å². The van der Waals surface area contributed by atoms with E-state index in [1.807, 2.05) is 39.9 Å². The molecule has 0 aliphatic carbocycles. The molecule has 1 aliphatic heterocycles. The lowest BCUT2D eigenvalue weighted by Gasteiger charge is -2.26. The lowest BCUT2D eigenvalue weighted by molar-refractivity contribution is -0.132. The van der Waals surface area contributed by atoms with Crippen molar-refractivity contribution in [3.8, 4) is 23.0 Å². The van der Waals surface area contributed by atoms with E-state index >= 15 is 0 Å². The summed E-state index contributed by atoms with van der Waals surface area (Å²) in [6.07, 6.45) is 2.64. The standard InChI is InChI=1S/C21H23N3O4S/c1-26-15-5-6-16(18(12-15)27-2)17-4-3-10-24(17)20(25)8-7-19-22-23-21(28-19)14-9-11-29-13-14/h5-6,9,11-13,17H,3-4,7-8,10H2,1-2H3. The third kappa shape index (κ3) is 4.12. The molecule has 0 bridgehead atoms. The Hall–Kier alpha value is -2.87. The molecule has 8 heteroatoms. The first-order chi connectivity index (χ1) is 14.2. The van der Waals surface area contributed by atoms with E-state index in [1.165, 1.54) is 0 Å². The van der Waals surface area contributed by atoms with Crippen LogP contribution in [0.3, 0.4) is 0 Å². The highest BCUT2D eigenvalue weighted by Gasteiger charge is 2.32. The number of rotatable bonds is 7. The first-order valence-electron chi connectivity index (χ1n) is 9.56. The monoisotopic (exact) mass is 413 g/mol. The van der Waals surface area contributed by atoms with Crippen LogP contribution >= 0.6 is 11.3 Å². The van der Waals surface area contributed by atoms with E-state index < -0.39 is 0 Å². The Balaban J connectivity index is 1.43. The van der Waals surface area contributed by atoms with Gasteiger partial charge in [0, 0.05) is 42.0 Å². The normalized spacial score (nSPS) is 16.2. The summed E-state index contributed by atoms with van der Waals surface area (Å²) in [6.45, 7) is 0.739. The lowest BCUT2D eigenvalue weighted by atomic mass is 10.0. The van der Waals surface area contributed by atoms with Gasteiger partial charge in [-0.1, -0.05) is 0 Å². The maximum atomic E-state index is 12.9. The van der Waals surface area contributed by atoms with Gasteiger partial charge >= 0.3 is 0 Å². The van der Waals surface area contributed by atoms with Crippen molar-refractivity contribution in [3.63, 3.8) is 0 Å². The number of ether oxygens (including phenoxy) is 2. The highest BCUT2D eigenvalue weighted by Crippen LogP contribution is 2.39. The summed E-state index contributed by atoms with van der Waals surface area (Å²) >= 11 is 1.58. The minimum atomic E-state index is 0.00686. The molecule has 1 saturated heterocycles. The van der Waals surface area contributed by atoms with Crippen LogP contribution in [0.4, 0.5) is 0 Å². The minimum Gasteiger partial charge on any atom is -0.497 e. The predicted octanol–water partition coefficient (Wildman–Crippen LogP) is 4.11. The second kappa shape index (κ2) is 8.65. The van der Waals surface area contributed by atoms with Crippen LogP contribution in [0.1, 0.15) is 36.8 Å². The summed E-state index contributed by atoms with van der Waals surface area (Å²) in [5.74, 6) is 2.54. The van der Waals surface area contributed by atoms with Gasteiger partial charge in [0.25, 0.3) is 0 Å². The van der Waals surface area contributed by atoms with Gasteiger partial charge in [0.05, 0.1) is 20.3 Å². The number of likely N-dealkylation sites (tertiary alicyclic amines) is 1. The van der Waals surface area contributed by atoms with Crippen molar-refractivity contribution in [1.29, 1.82) is 0 Å². The van der Waals surface area contributed by atoms with E-state index in [-0.39, 0.29) is 11.9 Å². The molecule has 1 aliphatic rings. The van der Waals surface area contributed by atoms with Crippen molar-refractivity contribution < 1.29 is 18.7 Å². The van der Waals surface area contributed by atoms with E-state index in [9.17, 15) is 4.79 Å². The number of hydrogen-bond donors (Lipinski definition) is 0. The molecule has 29 heavy (non-hydrogen) atoms. The Morgan fingerprint density at radius 1 is 1.28 bits per heavy atom. The molecule has 3 aromatic rings. The number of carbonyl (C=O) groups is 1. The molecule has 0 radical (unpaired) electrons. The van der Waals surface area contributed by atoms with E-state index in [4.69, 9.17) is 13.9 Å². The SMILES string of the molecule is COc1ccc(C2CCCN2C(=O)CCc2nnc(-c3ccsc3)o2)c(OC)c1. The summed E-state index contributed by atoms with van der Waals surface area (Å²) in [5.41, 5.74) is 1.92. The van der Waals surface area contributed by atoms with Gasteiger partial charge in [0.15, 0.2) is 0 Å². The number of nitrogens with zero attached hydrogens (tertiary/aromatic N) is 3. The first kappa shape index (κ1) is 19.4. The number of methoxy groups -OCH3 is 2. The van der Waals surface area contributed by atoms with Crippen LogP contribution in [-0.2, 0) is 11.2 Å². The average Bonchev–Trinajstić information content (AvgIpc) is 3.52. The Morgan fingerprint density at radius 3 is 2.93 bits per heavy atom. The van der Waals surface area contributed by atoms with Crippen molar-refractivity contribution in [2.75, 3.05) is 20.8 Å². The van der Waals surface area contributed by atoms with Crippen molar-refractivity contribution in [3.05, 3.63) is 46.5 Å². The second-order valence-corrected chi connectivity index (χ2v) is 7.65. The van der Waals surface area contributed by atoms with Crippen molar-refractivity contribution in [1.82, 2.24) is 15.1 Å². The summed E-state index contributed by atoms with van der Waals surface area (Å²) in [7, 11) is 3.27. The van der Waals surface area contributed by atoms with E-state index in [2.05, 4.69) is 10.2 Å². The molecular formula is C21H23N3O4S. The molecule has 2 aromatic heterocycles. The molecule has 1 unspecified atom stereocenters. The molecule has 1 fully saturated rings. The van der Waals surface area contributed by atoms with Crippen LogP contribution in [0.2, 0.25) is 0 Å². The van der Waals surface area contributed by atoms with Crippen molar-refractivity contribution >= 4 is 17.2 Å². The zero-order valence-electron chi connectivity index (χ0n) is 16.5. The topological polar surface area (TPSA) is 77.7 Å². The third-order valence-corrected chi connectivity index (χ3v) is 5.84. The minimum absolute atomic E-state index is 0.00686. The molecule has 1 atom stereocenters. The zero-order valence-corrected chi connectivity index (χ0v) is 17.3. The van der Waals surface area contributed by atoms with Crippen LogP contribution in [0.15, 0.2) is 39.4 Å². The molecule has 3 heterocycles. The number of benzene rings is 1. The van der Waals surface area contributed by atoms with E-state index in [0.717, 1.165) is 42.0 Å². The number of aromatic nitrogens is 2. The number of hydrogen-bond acceptors (Lipinski definition) is 7. The van der Waals surface area contributed by atoms with Gasteiger partial charge in [-0.05, 0) is 36.4 Å². The highest BCUT2D eigenvalue weighted by molar-refractivity contribution is 7.08. The van der Waals surface area contributed by atoms with E-state index in [1.54, 1.807) is 25.6 Å². The maximum Gasteiger partial charge on any atom is 0.248 e. The van der Waals surface area contributed by atoms with Gasteiger partial charge in [-0.25, -0.2) is 0 Å². The molecular weight excluding hydrogens is 390 g/mol. The van der Waals surface area contributed by atoms with Gasteiger partial charge in [-0.2, -0.15) is 11.3 Å². The Bertz CT molecular complexity index is 970. The van der Waals surface area contributed by atoms with E-state index in [0.29, 0.717) is 24.6 Å². The molecule has 1 aromatic carbocycles. The molecule has 0 spiro atoms. The first-order valence-corrected chi connectivity index (χ1v) is 10.5. The quantitative estimate of drug-likeness (QED) is 0.580. The summed E-state index contributed by atoms with van der Waals surface area (Å²) in [4.78, 5) is 14.9. The lowest BCUT2D eigenvalue weighted by Crippen LogP contribution is -2.31. The highest BCUT2D eigenvalue weighted by atomic mass is 32.1. The number of carbonyl (C=O) groups excluding carboxylic acids is 1. The van der Waals surface area contributed by atoms with Crippen LogP contribution in [0, 0.1) is 0 Å². The summed E-state index contributed by atoms with van der Waals surface area (Å²) in [6, 6.07) is 7.69. The fraction of sp³-hybridized carbons (Fsp3) is 0.381. The summed E-state index contributed by atoms with van der Waals surface area (Å²) in [5, 5.41) is 12.1.